The summed E-state index contributed by atoms with van der Waals surface area (Å²) in [5, 5.41) is 2.66. The standard InChI is InChI=1S/C15H24N4O3/c1-2-3-16-14(20)12-17-4-6-18(7-5-17)13-15(21)19-8-10-22-11-9-19/h1H,3-13H2,(H,16,20). The zero-order valence-electron chi connectivity index (χ0n) is 12.9. The molecule has 0 aromatic rings. The monoisotopic (exact) mass is 308 g/mol. The average Bonchev–Trinajstić information content (AvgIpc) is 2.55. The summed E-state index contributed by atoms with van der Waals surface area (Å²) in [7, 11) is 0. The molecule has 122 valence electrons. The molecule has 0 atom stereocenters. The number of nitrogens with zero attached hydrogens (tertiary/aromatic N) is 3. The molecular weight excluding hydrogens is 284 g/mol. The van der Waals surface area contributed by atoms with E-state index in [4.69, 9.17) is 11.2 Å². The molecule has 2 heterocycles. The number of terminal acetylenes is 1. The topological polar surface area (TPSA) is 65.1 Å². The number of piperazine rings is 1. The third-order valence-corrected chi connectivity index (χ3v) is 3.94. The van der Waals surface area contributed by atoms with Crippen molar-refractivity contribution >= 4 is 11.8 Å². The normalized spacial score (nSPS) is 20.4. The van der Waals surface area contributed by atoms with E-state index in [2.05, 4.69) is 21.0 Å². The fraction of sp³-hybridized carbons (Fsp3) is 0.733. The van der Waals surface area contributed by atoms with Crippen LogP contribution in [0.25, 0.3) is 0 Å². The van der Waals surface area contributed by atoms with E-state index in [0.29, 0.717) is 39.4 Å². The van der Waals surface area contributed by atoms with Crippen LogP contribution in [0.1, 0.15) is 0 Å². The Morgan fingerprint density at radius 3 is 2.18 bits per heavy atom. The lowest BCUT2D eigenvalue weighted by Gasteiger charge is -2.35. The van der Waals surface area contributed by atoms with E-state index < -0.39 is 0 Å². The molecule has 0 saturated carbocycles. The average molecular weight is 308 g/mol. The summed E-state index contributed by atoms with van der Waals surface area (Å²) in [5.74, 6) is 2.51. The first-order chi connectivity index (χ1) is 10.7. The van der Waals surface area contributed by atoms with Crippen molar-refractivity contribution < 1.29 is 14.3 Å². The van der Waals surface area contributed by atoms with Gasteiger partial charge in [-0.1, -0.05) is 5.92 Å². The fourth-order valence-electron chi connectivity index (χ4n) is 2.62. The van der Waals surface area contributed by atoms with Crippen LogP contribution < -0.4 is 5.32 Å². The highest BCUT2D eigenvalue weighted by Gasteiger charge is 2.23. The van der Waals surface area contributed by atoms with Crippen LogP contribution in [0.2, 0.25) is 0 Å². The molecule has 0 spiro atoms. The number of nitrogens with one attached hydrogen (secondary N) is 1. The third kappa shape index (κ3) is 5.30. The molecule has 1 N–H and O–H groups in total. The van der Waals surface area contributed by atoms with E-state index in [-0.39, 0.29) is 18.4 Å². The summed E-state index contributed by atoms with van der Waals surface area (Å²) in [5.41, 5.74) is 0. The summed E-state index contributed by atoms with van der Waals surface area (Å²) in [4.78, 5) is 29.9. The lowest BCUT2D eigenvalue weighted by atomic mass is 10.3. The Hall–Kier alpha value is -1.62. The predicted molar refractivity (Wildman–Crippen MR) is 82.1 cm³/mol. The van der Waals surface area contributed by atoms with Crippen molar-refractivity contribution in [2.24, 2.45) is 0 Å². The lowest BCUT2D eigenvalue weighted by molar-refractivity contribution is -0.137. The molecule has 0 aromatic carbocycles. The number of morpholine rings is 1. The van der Waals surface area contributed by atoms with Crippen LogP contribution in [0.4, 0.5) is 0 Å². The van der Waals surface area contributed by atoms with Crippen molar-refractivity contribution in [3.63, 3.8) is 0 Å². The van der Waals surface area contributed by atoms with Gasteiger partial charge in [0.2, 0.25) is 11.8 Å². The Labute approximate surface area is 131 Å². The van der Waals surface area contributed by atoms with E-state index in [1.807, 2.05) is 4.90 Å². The number of ether oxygens (including phenoxy) is 1. The highest BCUT2D eigenvalue weighted by Crippen LogP contribution is 2.04. The molecule has 2 fully saturated rings. The molecular formula is C15H24N4O3. The van der Waals surface area contributed by atoms with Crippen LogP contribution in [0.15, 0.2) is 0 Å². The van der Waals surface area contributed by atoms with Gasteiger partial charge in [-0.05, 0) is 0 Å². The molecule has 2 saturated heterocycles. The van der Waals surface area contributed by atoms with E-state index in [9.17, 15) is 9.59 Å². The van der Waals surface area contributed by atoms with Gasteiger partial charge in [0, 0.05) is 39.3 Å². The van der Waals surface area contributed by atoms with Gasteiger partial charge in [-0.15, -0.1) is 6.42 Å². The summed E-state index contributed by atoms with van der Waals surface area (Å²) < 4.78 is 5.25. The molecule has 2 aliphatic heterocycles. The second-order valence-corrected chi connectivity index (χ2v) is 5.53. The van der Waals surface area contributed by atoms with Crippen molar-refractivity contribution in [3.8, 4) is 12.3 Å². The van der Waals surface area contributed by atoms with Crippen LogP contribution >= 0.6 is 0 Å². The second-order valence-electron chi connectivity index (χ2n) is 5.53. The highest BCUT2D eigenvalue weighted by molar-refractivity contribution is 5.79. The first-order valence-electron chi connectivity index (χ1n) is 7.69. The SMILES string of the molecule is C#CCNC(=O)CN1CCN(CC(=O)N2CCOCC2)CC1. The van der Waals surface area contributed by atoms with Crippen LogP contribution in [0, 0.1) is 12.3 Å². The lowest BCUT2D eigenvalue weighted by Crippen LogP contribution is -2.52. The molecule has 0 aromatic heterocycles. The smallest absolute Gasteiger partial charge is 0.236 e. The van der Waals surface area contributed by atoms with Gasteiger partial charge < -0.3 is 15.0 Å². The largest absolute Gasteiger partial charge is 0.378 e. The van der Waals surface area contributed by atoms with E-state index in [1.54, 1.807) is 0 Å². The number of amides is 2. The third-order valence-electron chi connectivity index (χ3n) is 3.94. The van der Waals surface area contributed by atoms with Crippen molar-refractivity contribution in [2.45, 2.75) is 0 Å². The van der Waals surface area contributed by atoms with Crippen molar-refractivity contribution in [2.75, 3.05) is 72.1 Å². The number of hydrogen-bond donors (Lipinski definition) is 1. The Morgan fingerprint density at radius 1 is 1.00 bits per heavy atom. The molecule has 0 aliphatic carbocycles. The molecule has 2 rings (SSSR count). The molecule has 22 heavy (non-hydrogen) atoms. The number of carbonyl (C=O) groups excluding carboxylic acids is 2. The summed E-state index contributed by atoms with van der Waals surface area (Å²) in [6.07, 6.45) is 5.11. The van der Waals surface area contributed by atoms with Crippen LogP contribution in [0.3, 0.4) is 0 Å². The van der Waals surface area contributed by atoms with Gasteiger partial charge in [-0.3, -0.25) is 19.4 Å². The van der Waals surface area contributed by atoms with E-state index in [1.165, 1.54) is 0 Å². The minimum absolute atomic E-state index is 0.0456. The molecule has 0 bridgehead atoms. The number of rotatable bonds is 5. The van der Waals surface area contributed by atoms with E-state index >= 15 is 0 Å². The molecule has 7 heteroatoms. The van der Waals surface area contributed by atoms with Gasteiger partial charge in [0.15, 0.2) is 0 Å². The molecule has 7 nitrogen and oxygen atoms in total. The maximum atomic E-state index is 12.2. The second kappa shape index (κ2) is 8.73. The maximum Gasteiger partial charge on any atom is 0.236 e. The first kappa shape index (κ1) is 16.7. The van der Waals surface area contributed by atoms with Gasteiger partial charge in [0.25, 0.3) is 0 Å². The van der Waals surface area contributed by atoms with Gasteiger partial charge >= 0.3 is 0 Å². The Bertz CT molecular complexity index is 421. The summed E-state index contributed by atoms with van der Waals surface area (Å²) in [6, 6.07) is 0. The maximum absolute atomic E-state index is 12.2. The van der Waals surface area contributed by atoms with Crippen LogP contribution in [-0.4, -0.2) is 98.6 Å². The first-order valence-corrected chi connectivity index (χ1v) is 7.69. The Kier molecular flexibility index (Phi) is 6.65. The van der Waals surface area contributed by atoms with Gasteiger partial charge in [0.05, 0.1) is 32.8 Å². The van der Waals surface area contributed by atoms with Gasteiger partial charge in [0.1, 0.15) is 0 Å². The fourth-order valence-corrected chi connectivity index (χ4v) is 2.62. The number of carbonyl (C=O) groups is 2. The zero-order valence-corrected chi connectivity index (χ0v) is 12.9. The van der Waals surface area contributed by atoms with Gasteiger partial charge in [-0.2, -0.15) is 0 Å². The molecule has 2 amide bonds. The van der Waals surface area contributed by atoms with Crippen LogP contribution in [-0.2, 0) is 14.3 Å². The van der Waals surface area contributed by atoms with Crippen molar-refractivity contribution in [3.05, 3.63) is 0 Å². The molecule has 0 unspecified atom stereocenters. The minimum Gasteiger partial charge on any atom is -0.378 e. The quantitative estimate of drug-likeness (QED) is 0.608. The molecule has 0 radical (unpaired) electrons. The Balaban J connectivity index is 1.65. The van der Waals surface area contributed by atoms with Crippen LogP contribution in [0.5, 0.6) is 0 Å². The van der Waals surface area contributed by atoms with Gasteiger partial charge in [-0.25, -0.2) is 0 Å². The summed E-state index contributed by atoms with van der Waals surface area (Å²) in [6.45, 7) is 6.93. The molecule has 2 aliphatic rings. The predicted octanol–water partition coefficient (Wildman–Crippen LogP) is -1.79. The number of hydrogen-bond acceptors (Lipinski definition) is 5. The van der Waals surface area contributed by atoms with Crippen molar-refractivity contribution in [1.82, 2.24) is 20.0 Å². The van der Waals surface area contributed by atoms with E-state index in [0.717, 1.165) is 26.2 Å². The minimum atomic E-state index is -0.0456. The Morgan fingerprint density at radius 2 is 1.59 bits per heavy atom. The zero-order chi connectivity index (χ0) is 15.8. The highest BCUT2D eigenvalue weighted by atomic mass is 16.5. The van der Waals surface area contributed by atoms with Crippen molar-refractivity contribution in [1.29, 1.82) is 0 Å². The summed E-state index contributed by atoms with van der Waals surface area (Å²) >= 11 is 0.